The molecule has 4 heteroatoms. The number of hydrogen-bond donors (Lipinski definition) is 0. The first-order valence-corrected chi connectivity index (χ1v) is 11.4. The number of hydrogen-bond acceptors (Lipinski definition) is 2. The van der Waals surface area contributed by atoms with Crippen LogP contribution in [0, 0.1) is 5.41 Å². The Kier molecular flexibility index (Phi) is 4.48. The number of halogens is 1. The molecule has 1 saturated carbocycles. The van der Waals surface area contributed by atoms with Gasteiger partial charge in [-0.1, -0.05) is 48.7 Å². The summed E-state index contributed by atoms with van der Waals surface area (Å²) in [6, 6.07) is 15.5. The lowest BCUT2D eigenvalue weighted by Gasteiger charge is -2.23. The summed E-state index contributed by atoms with van der Waals surface area (Å²) >= 11 is 6.08. The minimum absolute atomic E-state index is 0.378. The second kappa shape index (κ2) is 6.54. The van der Waals surface area contributed by atoms with E-state index in [0.717, 1.165) is 23.4 Å². The standard InChI is InChI=1S/C22H23ClO2S/c1-26(24,25)19-10-6-17(7-11-19)21-15-22(12-2-3-13-22)14-20(21)16-4-8-18(23)9-5-16/h4-11H,2-3,12-15H2,1H3. The zero-order valence-electron chi connectivity index (χ0n) is 15.0. The average molecular weight is 387 g/mol. The van der Waals surface area contributed by atoms with Crippen molar-refractivity contribution in [1.82, 2.24) is 0 Å². The smallest absolute Gasteiger partial charge is 0.175 e. The van der Waals surface area contributed by atoms with Crippen molar-refractivity contribution >= 4 is 32.6 Å². The normalized spacial score (nSPS) is 19.5. The molecule has 2 aromatic carbocycles. The zero-order chi connectivity index (χ0) is 18.4. The molecule has 0 heterocycles. The second-order valence-corrected chi connectivity index (χ2v) is 10.3. The SMILES string of the molecule is CS(=O)(=O)c1ccc(C2=C(c3ccc(Cl)cc3)CC3(CCCC3)C2)cc1. The third-order valence-electron chi connectivity index (χ3n) is 5.96. The minimum atomic E-state index is -3.17. The van der Waals surface area contributed by atoms with Crippen LogP contribution in [0.1, 0.15) is 49.7 Å². The molecule has 2 nitrogen and oxygen atoms in total. The van der Waals surface area contributed by atoms with Crippen molar-refractivity contribution < 1.29 is 8.42 Å². The van der Waals surface area contributed by atoms with Crippen molar-refractivity contribution in [2.24, 2.45) is 5.41 Å². The number of allylic oxidation sites excluding steroid dienone is 2. The van der Waals surface area contributed by atoms with Gasteiger partial charge in [0.2, 0.25) is 0 Å². The highest BCUT2D eigenvalue weighted by Crippen LogP contribution is 2.57. The van der Waals surface area contributed by atoms with E-state index in [4.69, 9.17) is 11.6 Å². The van der Waals surface area contributed by atoms with Crippen molar-refractivity contribution in [3.05, 3.63) is 64.7 Å². The first-order chi connectivity index (χ1) is 12.4. The Bertz CT molecular complexity index is 948. The van der Waals surface area contributed by atoms with Crippen LogP contribution in [-0.4, -0.2) is 14.7 Å². The van der Waals surface area contributed by atoms with Crippen molar-refractivity contribution in [3.63, 3.8) is 0 Å². The van der Waals surface area contributed by atoms with Crippen LogP contribution in [0.25, 0.3) is 11.1 Å². The first-order valence-electron chi connectivity index (χ1n) is 9.15. The molecule has 0 atom stereocenters. The van der Waals surface area contributed by atoms with Crippen LogP contribution in [0.4, 0.5) is 0 Å². The lowest BCUT2D eigenvalue weighted by molar-refractivity contribution is 0.330. The molecule has 2 aromatic rings. The predicted molar refractivity (Wildman–Crippen MR) is 108 cm³/mol. The Balaban J connectivity index is 1.78. The van der Waals surface area contributed by atoms with E-state index >= 15 is 0 Å². The Morgan fingerprint density at radius 3 is 1.73 bits per heavy atom. The molecule has 0 radical (unpaired) electrons. The van der Waals surface area contributed by atoms with Crippen LogP contribution >= 0.6 is 11.6 Å². The van der Waals surface area contributed by atoms with Gasteiger partial charge in [-0.15, -0.1) is 0 Å². The van der Waals surface area contributed by atoms with Gasteiger partial charge in [0.05, 0.1) is 4.90 Å². The van der Waals surface area contributed by atoms with Gasteiger partial charge in [0.1, 0.15) is 0 Å². The van der Waals surface area contributed by atoms with Crippen molar-refractivity contribution in [3.8, 4) is 0 Å². The van der Waals surface area contributed by atoms with E-state index in [2.05, 4.69) is 12.1 Å². The predicted octanol–water partition coefficient (Wildman–Crippen LogP) is 6.01. The van der Waals surface area contributed by atoms with Crippen LogP contribution in [0.3, 0.4) is 0 Å². The highest BCUT2D eigenvalue weighted by atomic mass is 35.5. The third kappa shape index (κ3) is 3.35. The van der Waals surface area contributed by atoms with Crippen molar-refractivity contribution in [1.29, 1.82) is 0 Å². The van der Waals surface area contributed by atoms with Gasteiger partial charge in [0.15, 0.2) is 9.84 Å². The van der Waals surface area contributed by atoms with Gasteiger partial charge in [-0.2, -0.15) is 0 Å². The number of sulfone groups is 1. The molecule has 4 rings (SSSR count). The second-order valence-electron chi connectivity index (χ2n) is 7.82. The van der Waals surface area contributed by atoms with E-state index in [1.807, 2.05) is 24.3 Å². The van der Waals surface area contributed by atoms with Gasteiger partial charge in [0, 0.05) is 11.3 Å². The molecule has 0 saturated heterocycles. The molecule has 0 aliphatic heterocycles. The van der Waals surface area contributed by atoms with Gasteiger partial charge < -0.3 is 0 Å². The lowest BCUT2D eigenvalue weighted by Crippen LogP contribution is -2.11. The van der Waals surface area contributed by atoms with E-state index in [1.54, 1.807) is 12.1 Å². The third-order valence-corrected chi connectivity index (χ3v) is 7.34. The van der Waals surface area contributed by atoms with Gasteiger partial charge in [-0.3, -0.25) is 0 Å². The van der Waals surface area contributed by atoms with Crippen LogP contribution in [0.15, 0.2) is 53.4 Å². The van der Waals surface area contributed by atoms with Crippen LogP contribution in [0.5, 0.6) is 0 Å². The fourth-order valence-corrected chi connectivity index (χ4v) is 5.37. The van der Waals surface area contributed by atoms with Crippen LogP contribution < -0.4 is 0 Å². The van der Waals surface area contributed by atoms with Gasteiger partial charge in [-0.25, -0.2) is 8.42 Å². The Labute approximate surface area is 160 Å². The summed E-state index contributed by atoms with van der Waals surface area (Å²) < 4.78 is 23.5. The zero-order valence-corrected chi connectivity index (χ0v) is 16.5. The summed E-state index contributed by atoms with van der Waals surface area (Å²) in [5.41, 5.74) is 5.54. The summed E-state index contributed by atoms with van der Waals surface area (Å²) in [5, 5.41) is 0.752. The van der Waals surface area contributed by atoms with E-state index in [-0.39, 0.29) is 0 Å². The minimum Gasteiger partial charge on any atom is -0.224 e. The molecule has 1 spiro atoms. The largest absolute Gasteiger partial charge is 0.224 e. The molecule has 0 amide bonds. The maximum Gasteiger partial charge on any atom is 0.175 e. The Morgan fingerprint density at radius 2 is 1.27 bits per heavy atom. The van der Waals surface area contributed by atoms with Gasteiger partial charge in [0.25, 0.3) is 0 Å². The number of benzene rings is 2. The summed E-state index contributed by atoms with van der Waals surface area (Å²) in [4.78, 5) is 0.378. The van der Waals surface area contributed by atoms with Crippen molar-refractivity contribution in [2.45, 2.75) is 43.4 Å². The maximum absolute atomic E-state index is 11.8. The van der Waals surface area contributed by atoms with Crippen molar-refractivity contribution in [2.75, 3.05) is 6.26 Å². The molecule has 0 unspecified atom stereocenters. The maximum atomic E-state index is 11.8. The van der Waals surface area contributed by atoms with Crippen LogP contribution in [0.2, 0.25) is 5.02 Å². The summed E-state index contributed by atoms with van der Waals surface area (Å²) in [6.07, 6.45) is 8.65. The molecule has 1 fully saturated rings. The fraction of sp³-hybridized carbons (Fsp3) is 0.364. The fourth-order valence-electron chi connectivity index (χ4n) is 4.61. The van der Waals surface area contributed by atoms with Gasteiger partial charge >= 0.3 is 0 Å². The van der Waals surface area contributed by atoms with Gasteiger partial charge in [-0.05, 0) is 77.6 Å². The van der Waals surface area contributed by atoms with E-state index < -0.39 is 9.84 Å². The summed E-state index contributed by atoms with van der Waals surface area (Å²) in [6.45, 7) is 0. The van der Waals surface area contributed by atoms with E-state index in [1.165, 1.54) is 48.6 Å². The topological polar surface area (TPSA) is 34.1 Å². The first kappa shape index (κ1) is 17.8. The van der Waals surface area contributed by atoms with E-state index in [9.17, 15) is 8.42 Å². The molecule has 0 N–H and O–H groups in total. The summed E-state index contributed by atoms with van der Waals surface area (Å²) in [7, 11) is -3.17. The molecule has 136 valence electrons. The highest BCUT2D eigenvalue weighted by molar-refractivity contribution is 7.90. The molecule has 0 aromatic heterocycles. The molecule has 2 aliphatic carbocycles. The molecule has 26 heavy (non-hydrogen) atoms. The van der Waals surface area contributed by atoms with E-state index in [0.29, 0.717) is 10.3 Å². The molecular formula is C22H23ClO2S. The Hall–Kier alpha value is -1.58. The Morgan fingerprint density at radius 1 is 0.808 bits per heavy atom. The highest BCUT2D eigenvalue weighted by Gasteiger charge is 2.41. The molecular weight excluding hydrogens is 364 g/mol. The molecule has 0 bridgehead atoms. The summed E-state index contributed by atoms with van der Waals surface area (Å²) in [5.74, 6) is 0. The van der Waals surface area contributed by atoms with Crippen LogP contribution in [-0.2, 0) is 9.84 Å². The number of rotatable bonds is 3. The monoisotopic (exact) mass is 386 g/mol. The quantitative estimate of drug-likeness (QED) is 0.647. The average Bonchev–Trinajstić information content (AvgIpc) is 3.22. The lowest BCUT2D eigenvalue weighted by atomic mass is 9.81. The molecule has 2 aliphatic rings.